The van der Waals surface area contributed by atoms with E-state index in [2.05, 4.69) is 29.2 Å². The maximum Gasteiger partial charge on any atom is 0.161 e. The maximum absolute atomic E-state index is 5.50. The first-order chi connectivity index (χ1) is 10.8. The molecule has 3 nitrogen and oxygen atoms in total. The van der Waals surface area contributed by atoms with Gasteiger partial charge in [-0.3, -0.25) is 4.90 Å². The molecule has 2 aliphatic rings. The van der Waals surface area contributed by atoms with Gasteiger partial charge in [-0.1, -0.05) is 18.6 Å². The number of hydrogen-bond acceptors (Lipinski definition) is 3. The van der Waals surface area contributed by atoms with E-state index in [4.69, 9.17) is 9.47 Å². The van der Waals surface area contributed by atoms with Gasteiger partial charge in [0.05, 0.1) is 14.2 Å². The standard InChI is InChI=1S/C19H23NO2/c1-21-18-10-14-7-6-13-9-15-5-3-4-8-20(15)12-17(13)16(14)11-19(18)22-2/h6-7,10-11,15H,3-5,8-9,12H2,1-2H3. The number of methoxy groups -OCH3 is 2. The average molecular weight is 297 g/mol. The van der Waals surface area contributed by atoms with Crippen LogP contribution in [0.4, 0.5) is 0 Å². The van der Waals surface area contributed by atoms with Crippen LogP contribution in [0, 0.1) is 0 Å². The maximum atomic E-state index is 5.50. The third-order valence-electron chi connectivity index (χ3n) is 5.30. The highest BCUT2D eigenvalue weighted by Gasteiger charge is 2.29. The Labute approximate surface area is 131 Å². The second-order valence-electron chi connectivity index (χ2n) is 6.46. The Bertz CT molecular complexity index is 710. The summed E-state index contributed by atoms with van der Waals surface area (Å²) in [6.45, 7) is 2.32. The number of fused-ring (bicyclic) bond motifs is 4. The highest BCUT2D eigenvalue weighted by Crippen LogP contribution is 2.38. The molecule has 3 heteroatoms. The Kier molecular flexibility index (Phi) is 3.45. The molecule has 0 bridgehead atoms. The van der Waals surface area contributed by atoms with Crippen LogP contribution >= 0.6 is 0 Å². The Balaban J connectivity index is 1.85. The number of rotatable bonds is 2. The van der Waals surface area contributed by atoms with Gasteiger partial charge < -0.3 is 9.47 Å². The van der Waals surface area contributed by atoms with E-state index >= 15 is 0 Å². The topological polar surface area (TPSA) is 21.7 Å². The molecule has 2 aromatic carbocycles. The molecule has 0 amide bonds. The molecule has 2 aromatic rings. The van der Waals surface area contributed by atoms with Crippen LogP contribution in [0.25, 0.3) is 10.8 Å². The zero-order valence-corrected chi connectivity index (χ0v) is 13.4. The minimum atomic E-state index is 0.749. The molecule has 4 rings (SSSR count). The fourth-order valence-electron chi connectivity index (χ4n) is 4.09. The molecule has 0 spiro atoms. The monoisotopic (exact) mass is 297 g/mol. The third-order valence-corrected chi connectivity index (χ3v) is 5.30. The summed E-state index contributed by atoms with van der Waals surface area (Å²) in [6.07, 6.45) is 5.27. The fourth-order valence-corrected chi connectivity index (χ4v) is 4.09. The molecular weight excluding hydrogens is 274 g/mol. The van der Waals surface area contributed by atoms with Crippen LogP contribution in [-0.4, -0.2) is 31.7 Å². The van der Waals surface area contributed by atoms with Crippen molar-refractivity contribution in [2.24, 2.45) is 0 Å². The first-order valence-corrected chi connectivity index (χ1v) is 8.20. The number of benzene rings is 2. The van der Waals surface area contributed by atoms with E-state index in [1.807, 2.05) is 0 Å². The van der Waals surface area contributed by atoms with Gasteiger partial charge in [0.25, 0.3) is 0 Å². The highest BCUT2D eigenvalue weighted by molar-refractivity contribution is 5.90. The van der Waals surface area contributed by atoms with Crippen LogP contribution in [0.1, 0.15) is 30.4 Å². The minimum absolute atomic E-state index is 0.749. The predicted octanol–water partition coefficient (Wildman–Crippen LogP) is 3.77. The van der Waals surface area contributed by atoms with Crippen molar-refractivity contribution in [3.05, 3.63) is 35.4 Å². The molecule has 22 heavy (non-hydrogen) atoms. The van der Waals surface area contributed by atoms with Crippen LogP contribution in [0.3, 0.4) is 0 Å². The lowest BCUT2D eigenvalue weighted by Gasteiger charge is -2.40. The summed E-state index contributed by atoms with van der Waals surface area (Å²) in [5.74, 6) is 1.63. The molecule has 0 radical (unpaired) electrons. The first-order valence-electron chi connectivity index (χ1n) is 8.20. The van der Waals surface area contributed by atoms with Crippen molar-refractivity contribution in [1.29, 1.82) is 0 Å². The molecular formula is C19H23NO2. The molecule has 0 N–H and O–H groups in total. The van der Waals surface area contributed by atoms with E-state index in [9.17, 15) is 0 Å². The number of piperidine rings is 1. The lowest BCUT2D eigenvalue weighted by atomic mass is 9.86. The summed E-state index contributed by atoms with van der Waals surface area (Å²) in [5.41, 5.74) is 3.00. The van der Waals surface area contributed by atoms with Crippen LogP contribution < -0.4 is 9.47 Å². The largest absolute Gasteiger partial charge is 0.493 e. The van der Waals surface area contributed by atoms with Crippen molar-refractivity contribution in [3.8, 4) is 11.5 Å². The zero-order chi connectivity index (χ0) is 15.1. The van der Waals surface area contributed by atoms with E-state index in [-0.39, 0.29) is 0 Å². The molecule has 116 valence electrons. The third kappa shape index (κ3) is 2.15. The van der Waals surface area contributed by atoms with Crippen LogP contribution in [0.15, 0.2) is 24.3 Å². The quantitative estimate of drug-likeness (QED) is 0.842. The van der Waals surface area contributed by atoms with Gasteiger partial charge >= 0.3 is 0 Å². The second-order valence-corrected chi connectivity index (χ2v) is 6.46. The molecule has 0 aliphatic carbocycles. The van der Waals surface area contributed by atoms with Gasteiger partial charge in [0, 0.05) is 12.6 Å². The predicted molar refractivity (Wildman–Crippen MR) is 88.8 cm³/mol. The molecule has 1 atom stereocenters. The SMILES string of the molecule is COc1cc2ccc3c(c2cc1OC)CN1CCCCC1C3. The molecule has 0 aromatic heterocycles. The lowest BCUT2D eigenvalue weighted by Crippen LogP contribution is -2.43. The van der Waals surface area contributed by atoms with Crippen LogP contribution in [-0.2, 0) is 13.0 Å². The lowest BCUT2D eigenvalue weighted by molar-refractivity contribution is 0.128. The van der Waals surface area contributed by atoms with Gasteiger partial charge in [-0.15, -0.1) is 0 Å². The van der Waals surface area contributed by atoms with Crippen molar-refractivity contribution < 1.29 is 9.47 Å². The van der Waals surface area contributed by atoms with E-state index in [0.717, 1.165) is 24.1 Å². The Hall–Kier alpha value is -1.74. The first kappa shape index (κ1) is 13.9. The van der Waals surface area contributed by atoms with Crippen LogP contribution in [0.5, 0.6) is 11.5 Å². The average Bonchev–Trinajstić information content (AvgIpc) is 2.58. The fraction of sp³-hybridized carbons (Fsp3) is 0.474. The highest BCUT2D eigenvalue weighted by atomic mass is 16.5. The molecule has 0 saturated carbocycles. The molecule has 1 saturated heterocycles. The van der Waals surface area contributed by atoms with Crippen molar-refractivity contribution >= 4 is 10.8 Å². The second kappa shape index (κ2) is 5.47. The minimum Gasteiger partial charge on any atom is -0.493 e. The number of nitrogens with zero attached hydrogens (tertiary/aromatic N) is 1. The molecule has 2 aliphatic heterocycles. The Morgan fingerprint density at radius 1 is 1.05 bits per heavy atom. The molecule has 2 heterocycles. The summed E-state index contributed by atoms with van der Waals surface area (Å²) in [7, 11) is 3.40. The van der Waals surface area contributed by atoms with Gasteiger partial charge in [0.2, 0.25) is 0 Å². The summed E-state index contributed by atoms with van der Waals surface area (Å²) in [6, 6.07) is 9.54. The number of hydrogen-bond donors (Lipinski definition) is 0. The van der Waals surface area contributed by atoms with E-state index < -0.39 is 0 Å². The summed E-state index contributed by atoms with van der Waals surface area (Å²) < 4.78 is 10.9. The van der Waals surface area contributed by atoms with Gasteiger partial charge in [-0.25, -0.2) is 0 Å². The summed E-state index contributed by atoms with van der Waals surface area (Å²) in [4.78, 5) is 2.67. The van der Waals surface area contributed by atoms with Crippen molar-refractivity contribution in [3.63, 3.8) is 0 Å². The van der Waals surface area contributed by atoms with E-state index in [1.54, 1.807) is 14.2 Å². The van der Waals surface area contributed by atoms with Gasteiger partial charge in [0.1, 0.15) is 0 Å². The van der Waals surface area contributed by atoms with Crippen molar-refractivity contribution in [1.82, 2.24) is 4.90 Å². The Morgan fingerprint density at radius 3 is 2.68 bits per heavy atom. The van der Waals surface area contributed by atoms with Gasteiger partial charge in [0.15, 0.2) is 11.5 Å². The van der Waals surface area contributed by atoms with E-state index in [1.165, 1.54) is 54.1 Å². The van der Waals surface area contributed by atoms with Crippen LogP contribution in [0.2, 0.25) is 0 Å². The van der Waals surface area contributed by atoms with E-state index in [0.29, 0.717) is 0 Å². The normalized spacial score (nSPS) is 21.3. The summed E-state index contributed by atoms with van der Waals surface area (Å²) >= 11 is 0. The van der Waals surface area contributed by atoms with Crippen molar-refractivity contribution in [2.75, 3.05) is 20.8 Å². The summed E-state index contributed by atoms with van der Waals surface area (Å²) in [5, 5.41) is 2.56. The molecule has 1 fully saturated rings. The zero-order valence-electron chi connectivity index (χ0n) is 13.4. The van der Waals surface area contributed by atoms with Gasteiger partial charge in [-0.2, -0.15) is 0 Å². The van der Waals surface area contributed by atoms with Crippen molar-refractivity contribution in [2.45, 2.75) is 38.3 Å². The van der Waals surface area contributed by atoms with Gasteiger partial charge in [-0.05, 0) is 59.8 Å². The molecule has 1 unspecified atom stereocenters. The number of ether oxygens (including phenoxy) is 2. The smallest absolute Gasteiger partial charge is 0.161 e. The Morgan fingerprint density at radius 2 is 1.86 bits per heavy atom.